The van der Waals surface area contributed by atoms with Crippen molar-refractivity contribution in [3.05, 3.63) is 35.4 Å². The number of benzene rings is 1. The molecular weight excluding hydrogens is 352 g/mol. The molecule has 6 nitrogen and oxygen atoms in total. The van der Waals surface area contributed by atoms with Gasteiger partial charge in [-0.15, -0.1) is 0 Å². The minimum absolute atomic E-state index is 0.0472. The van der Waals surface area contributed by atoms with Crippen molar-refractivity contribution in [3.63, 3.8) is 0 Å². The molecule has 1 aromatic rings. The van der Waals surface area contributed by atoms with Gasteiger partial charge < -0.3 is 20.7 Å². The Morgan fingerprint density at radius 1 is 1.07 bits per heavy atom. The van der Waals surface area contributed by atoms with Gasteiger partial charge in [-0.05, 0) is 44.4 Å². The molecule has 28 heavy (non-hydrogen) atoms. The number of nitrogens with one attached hydrogen (secondary N) is 3. The van der Waals surface area contributed by atoms with Gasteiger partial charge in [-0.2, -0.15) is 0 Å². The van der Waals surface area contributed by atoms with Crippen molar-refractivity contribution < 1.29 is 9.53 Å². The van der Waals surface area contributed by atoms with E-state index in [1.807, 2.05) is 31.2 Å². The predicted octanol–water partition coefficient (Wildman–Crippen LogP) is 3.23. The lowest BCUT2D eigenvalue weighted by molar-refractivity contribution is 0.0468. The van der Waals surface area contributed by atoms with E-state index in [4.69, 9.17) is 4.74 Å². The molecule has 0 aliphatic heterocycles. The Kier molecular flexibility index (Phi) is 10.4. The highest BCUT2D eigenvalue weighted by Crippen LogP contribution is 2.19. The molecule has 0 saturated heterocycles. The van der Waals surface area contributed by atoms with Crippen LogP contribution in [0.1, 0.15) is 68.3 Å². The van der Waals surface area contributed by atoms with E-state index in [1.54, 1.807) is 0 Å². The van der Waals surface area contributed by atoms with Crippen molar-refractivity contribution in [2.24, 2.45) is 4.99 Å². The summed E-state index contributed by atoms with van der Waals surface area (Å²) in [5, 5.41) is 9.43. The lowest BCUT2D eigenvalue weighted by Gasteiger charge is -2.16. The third-order valence-electron chi connectivity index (χ3n) is 4.84. The second-order valence-corrected chi connectivity index (χ2v) is 7.17. The standard InChI is InChI=1S/C22H36N4O2/c1-3-23-21(27)19-11-9-10-18(16-19)17-26-22(24-4-2)25-14-15-28-20-12-7-5-6-8-13-20/h9-11,16,20H,3-8,12-15,17H2,1-2H3,(H,23,27)(H2,24,25,26). The monoisotopic (exact) mass is 388 g/mol. The number of rotatable bonds is 9. The molecule has 1 amide bonds. The maximum Gasteiger partial charge on any atom is 0.251 e. The smallest absolute Gasteiger partial charge is 0.251 e. The SMILES string of the molecule is CCNC(=O)c1cccc(CN=C(NCC)NCCOC2CCCCCC2)c1. The second kappa shape index (κ2) is 13.2. The first-order chi connectivity index (χ1) is 13.7. The van der Waals surface area contributed by atoms with Crippen LogP contribution in [0.2, 0.25) is 0 Å². The molecule has 0 bridgehead atoms. The van der Waals surface area contributed by atoms with E-state index >= 15 is 0 Å². The van der Waals surface area contributed by atoms with Gasteiger partial charge in [0.2, 0.25) is 0 Å². The summed E-state index contributed by atoms with van der Waals surface area (Å²) in [6, 6.07) is 7.61. The van der Waals surface area contributed by atoms with Gasteiger partial charge in [0.25, 0.3) is 5.91 Å². The number of ether oxygens (including phenoxy) is 1. The van der Waals surface area contributed by atoms with Crippen LogP contribution >= 0.6 is 0 Å². The van der Waals surface area contributed by atoms with E-state index in [2.05, 4.69) is 27.9 Å². The lowest BCUT2D eigenvalue weighted by Crippen LogP contribution is -2.39. The fourth-order valence-electron chi connectivity index (χ4n) is 3.39. The average molecular weight is 389 g/mol. The zero-order chi connectivity index (χ0) is 20.0. The van der Waals surface area contributed by atoms with Crippen molar-refractivity contribution in [3.8, 4) is 0 Å². The summed E-state index contributed by atoms with van der Waals surface area (Å²) >= 11 is 0. The fraction of sp³-hybridized carbons (Fsp3) is 0.636. The average Bonchev–Trinajstić information content (AvgIpc) is 2.98. The van der Waals surface area contributed by atoms with Gasteiger partial charge in [-0.3, -0.25) is 4.79 Å². The first-order valence-corrected chi connectivity index (χ1v) is 10.7. The third kappa shape index (κ3) is 8.30. The summed E-state index contributed by atoms with van der Waals surface area (Å²) < 4.78 is 6.03. The molecule has 0 unspecified atom stereocenters. The summed E-state index contributed by atoms with van der Waals surface area (Å²) in [5.41, 5.74) is 1.68. The maximum atomic E-state index is 12.0. The van der Waals surface area contributed by atoms with Crippen molar-refractivity contribution >= 4 is 11.9 Å². The molecule has 0 heterocycles. The highest BCUT2D eigenvalue weighted by molar-refractivity contribution is 5.94. The normalized spacial score (nSPS) is 15.7. The number of carbonyl (C=O) groups is 1. The summed E-state index contributed by atoms with van der Waals surface area (Å²) in [7, 11) is 0. The summed E-state index contributed by atoms with van der Waals surface area (Å²) in [5.74, 6) is 0.726. The van der Waals surface area contributed by atoms with Crippen LogP contribution in [0.25, 0.3) is 0 Å². The third-order valence-corrected chi connectivity index (χ3v) is 4.84. The van der Waals surface area contributed by atoms with Crippen molar-refractivity contribution in [2.75, 3.05) is 26.2 Å². The Labute approximate surface area is 169 Å². The van der Waals surface area contributed by atoms with Crippen LogP contribution < -0.4 is 16.0 Å². The number of hydrogen-bond donors (Lipinski definition) is 3. The zero-order valence-electron chi connectivity index (χ0n) is 17.4. The molecule has 1 aromatic carbocycles. The van der Waals surface area contributed by atoms with Crippen molar-refractivity contribution in [1.29, 1.82) is 0 Å². The van der Waals surface area contributed by atoms with Crippen LogP contribution in [0, 0.1) is 0 Å². The van der Waals surface area contributed by atoms with Gasteiger partial charge >= 0.3 is 0 Å². The highest BCUT2D eigenvalue weighted by Gasteiger charge is 2.12. The zero-order valence-corrected chi connectivity index (χ0v) is 17.4. The predicted molar refractivity (Wildman–Crippen MR) is 115 cm³/mol. The number of guanidine groups is 1. The highest BCUT2D eigenvalue weighted by atomic mass is 16.5. The molecule has 2 rings (SSSR count). The summed E-state index contributed by atoms with van der Waals surface area (Å²) in [6.07, 6.45) is 8.06. The Morgan fingerprint density at radius 3 is 2.54 bits per heavy atom. The van der Waals surface area contributed by atoms with E-state index < -0.39 is 0 Å². The number of carbonyl (C=O) groups excluding carboxylic acids is 1. The molecule has 156 valence electrons. The van der Waals surface area contributed by atoms with Crippen LogP contribution in [-0.4, -0.2) is 44.2 Å². The first-order valence-electron chi connectivity index (χ1n) is 10.7. The molecule has 0 aromatic heterocycles. The summed E-state index contributed by atoms with van der Waals surface area (Å²) in [4.78, 5) is 16.6. The van der Waals surface area contributed by atoms with Gasteiger partial charge in [0.05, 0.1) is 19.3 Å². The van der Waals surface area contributed by atoms with Crippen LogP contribution in [0.4, 0.5) is 0 Å². The Hall–Kier alpha value is -2.08. The minimum atomic E-state index is -0.0472. The van der Waals surface area contributed by atoms with Crippen LogP contribution in [-0.2, 0) is 11.3 Å². The van der Waals surface area contributed by atoms with Crippen LogP contribution in [0.3, 0.4) is 0 Å². The van der Waals surface area contributed by atoms with E-state index in [0.717, 1.165) is 24.6 Å². The topological polar surface area (TPSA) is 74.8 Å². The minimum Gasteiger partial charge on any atom is -0.376 e. The lowest BCUT2D eigenvalue weighted by atomic mass is 10.1. The van der Waals surface area contributed by atoms with Gasteiger partial charge in [0.15, 0.2) is 5.96 Å². The van der Waals surface area contributed by atoms with E-state index in [-0.39, 0.29) is 5.91 Å². The van der Waals surface area contributed by atoms with Gasteiger partial charge in [0.1, 0.15) is 0 Å². The number of nitrogens with zero attached hydrogens (tertiary/aromatic N) is 1. The molecule has 0 spiro atoms. The Balaban J connectivity index is 1.81. The summed E-state index contributed by atoms with van der Waals surface area (Å²) in [6.45, 7) is 7.34. The van der Waals surface area contributed by atoms with Gasteiger partial charge in [-0.25, -0.2) is 4.99 Å². The second-order valence-electron chi connectivity index (χ2n) is 7.17. The molecule has 0 atom stereocenters. The molecule has 1 fully saturated rings. The Morgan fingerprint density at radius 2 is 1.82 bits per heavy atom. The number of amides is 1. The van der Waals surface area contributed by atoms with Crippen LogP contribution in [0.15, 0.2) is 29.3 Å². The van der Waals surface area contributed by atoms with Crippen LogP contribution in [0.5, 0.6) is 0 Å². The maximum absolute atomic E-state index is 12.0. The molecule has 0 radical (unpaired) electrons. The van der Waals surface area contributed by atoms with Gasteiger partial charge in [-0.1, -0.05) is 37.8 Å². The van der Waals surface area contributed by atoms with E-state index in [0.29, 0.717) is 31.4 Å². The molecule has 3 N–H and O–H groups in total. The van der Waals surface area contributed by atoms with Crippen molar-refractivity contribution in [1.82, 2.24) is 16.0 Å². The number of aliphatic imine (C=N–C) groups is 1. The van der Waals surface area contributed by atoms with E-state index in [1.165, 1.54) is 38.5 Å². The molecular formula is C22H36N4O2. The Bertz CT molecular complexity index is 610. The molecule has 1 aliphatic carbocycles. The fourth-order valence-corrected chi connectivity index (χ4v) is 3.39. The number of hydrogen-bond acceptors (Lipinski definition) is 3. The van der Waals surface area contributed by atoms with E-state index in [9.17, 15) is 4.79 Å². The first kappa shape index (κ1) is 22.2. The van der Waals surface area contributed by atoms with Gasteiger partial charge in [0, 0.05) is 25.2 Å². The quantitative estimate of drug-likeness (QED) is 0.263. The molecule has 1 saturated carbocycles. The van der Waals surface area contributed by atoms with Crippen molar-refractivity contribution in [2.45, 2.75) is 65.0 Å². The largest absolute Gasteiger partial charge is 0.376 e. The molecule has 1 aliphatic rings. The molecule has 6 heteroatoms.